The lowest BCUT2D eigenvalue weighted by atomic mass is 10.1. The molecule has 19 heavy (non-hydrogen) atoms. The van der Waals surface area contributed by atoms with Crippen LogP contribution < -0.4 is 5.73 Å². The molecule has 5 heteroatoms. The minimum atomic E-state index is -3.36. The standard InChI is InChI=1S/C14H20N2O2S/c1-3-9-16(10-4-2)19(17,18)12-14-7-5-13(11-15)6-8-14/h3-8H,1-2,9-12,15H2. The minimum Gasteiger partial charge on any atom is -0.326 e. The Morgan fingerprint density at radius 2 is 1.53 bits per heavy atom. The van der Waals surface area contributed by atoms with Crippen LogP contribution in [0.3, 0.4) is 0 Å². The van der Waals surface area contributed by atoms with Crippen molar-refractivity contribution in [3.8, 4) is 0 Å². The Hall–Kier alpha value is -1.43. The van der Waals surface area contributed by atoms with Gasteiger partial charge in [0, 0.05) is 19.6 Å². The van der Waals surface area contributed by atoms with Gasteiger partial charge in [-0.05, 0) is 11.1 Å². The first-order chi connectivity index (χ1) is 9.03. The van der Waals surface area contributed by atoms with Crippen LogP contribution in [0, 0.1) is 0 Å². The summed E-state index contributed by atoms with van der Waals surface area (Å²) in [6, 6.07) is 7.27. The monoisotopic (exact) mass is 280 g/mol. The molecule has 0 aliphatic heterocycles. The van der Waals surface area contributed by atoms with Crippen molar-refractivity contribution >= 4 is 10.0 Å². The van der Waals surface area contributed by atoms with Gasteiger partial charge in [0.25, 0.3) is 0 Å². The molecule has 0 saturated carbocycles. The van der Waals surface area contributed by atoms with Crippen LogP contribution in [0.25, 0.3) is 0 Å². The lowest BCUT2D eigenvalue weighted by molar-refractivity contribution is 0.473. The SMILES string of the molecule is C=CCN(CC=C)S(=O)(=O)Cc1ccc(CN)cc1. The van der Waals surface area contributed by atoms with Crippen LogP contribution in [0.1, 0.15) is 11.1 Å². The van der Waals surface area contributed by atoms with Crippen LogP contribution in [0.4, 0.5) is 0 Å². The Morgan fingerprint density at radius 3 is 1.95 bits per heavy atom. The topological polar surface area (TPSA) is 63.4 Å². The lowest BCUT2D eigenvalue weighted by Gasteiger charge is -2.19. The van der Waals surface area contributed by atoms with Crippen molar-refractivity contribution in [3.05, 3.63) is 60.7 Å². The van der Waals surface area contributed by atoms with E-state index in [2.05, 4.69) is 13.2 Å². The van der Waals surface area contributed by atoms with Gasteiger partial charge in [-0.1, -0.05) is 36.4 Å². The van der Waals surface area contributed by atoms with Crippen LogP contribution in [-0.2, 0) is 22.3 Å². The molecule has 0 spiro atoms. The van der Waals surface area contributed by atoms with E-state index < -0.39 is 10.0 Å². The second-order valence-corrected chi connectivity index (χ2v) is 6.14. The maximum absolute atomic E-state index is 12.2. The predicted octanol–water partition coefficient (Wildman–Crippen LogP) is 1.65. The number of nitrogens with two attached hydrogens (primary N) is 1. The Labute approximate surface area is 115 Å². The molecule has 0 saturated heterocycles. The Kier molecular flexibility index (Phi) is 5.95. The number of sulfonamides is 1. The summed E-state index contributed by atoms with van der Waals surface area (Å²) in [5, 5.41) is 0. The molecule has 0 heterocycles. The third kappa shape index (κ3) is 4.63. The molecule has 0 fully saturated rings. The van der Waals surface area contributed by atoms with Gasteiger partial charge in [-0.15, -0.1) is 13.2 Å². The molecule has 0 bridgehead atoms. The van der Waals surface area contributed by atoms with Crippen LogP contribution in [0.2, 0.25) is 0 Å². The van der Waals surface area contributed by atoms with E-state index in [0.717, 1.165) is 11.1 Å². The number of benzene rings is 1. The fourth-order valence-corrected chi connectivity index (χ4v) is 3.12. The normalized spacial score (nSPS) is 11.5. The summed E-state index contributed by atoms with van der Waals surface area (Å²) in [6.07, 6.45) is 3.14. The third-order valence-electron chi connectivity index (χ3n) is 2.67. The Balaban J connectivity index is 2.86. The van der Waals surface area contributed by atoms with Gasteiger partial charge in [-0.2, -0.15) is 4.31 Å². The van der Waals surface area contributed by atoms with Gasteiger partial charge in [-0.25, -0.2) is 8.42 Å². The Morgan fingerprint density at radius 1 is 1.05 bits per heavy atom. The second kappa shape index (κ2) is 7.23. The highest BCUT2D eigenvalue weighted by Crippen LogP contribution is 2.12. The van der Waals surface area contributed by atoms with Crippen molar-refractivity contribution in [3.63, 3.8) is 0 Å². The average molecular weight is 280 g/mol. The van der Waals surface area contributed by atoms with Crippen molar-refractivity contribution < 1.29 is 8.42 Å². The summed E-state index contributed by atoms with van der Waals surface area (Å²) in [6.45, 7) is 8.17. The van der Waals surface area contributed by atoms with E-state index in [1.165, 1.54) is 4.31 Å². The Bertz CT molecular complexity index is 511. The molecule has 0 amide bonds. The van der Waals surface area contributed by atoms with E-state index >= 15 is 0 Å². The number of hydrogen-bond donors (Lipinski definition) is 1. The molecule has 0 aromatic heterocycles. The van der Waals surface area contributed by atoms with Gasteiger partial charge in [0.2, 0.25) is 10.0 Å². The molecule has 1 aromatic rings. The van der Waals surface area contributed by atoms with Gasteiger partial charge in [0.05, 0.1) is 5.75 Å². The average Bonchev–Trinajstić information content (AvgIpc) is 2.39. The predicted molar refractivity (Wildman–Crippen MR) is 78.9 cm³/mol. The number of hydrogen-bond acceptors (Lipinski definition) is 3. The van der Waals surface area contributed by atoms with E-state index in [0.29, 0.717) is 6.54 Å². The van der Waals surface area contributed by atoms with E-state index in [-0.39, 0.29) is 18.8 Å². The quantitative estimate of drug-likeness (QED) is 0.736. The van der Waals surface area contributed by atoms with E-state index in [4.69, 9.17) is 5.73 Å². The maximum atomic E-state index is 12.2. The maximum Gasteiger partial charge on any atom is 0.218 e. The summed E-state index contributed by atoms with van der Waals surface area (Å²) in [4.78, 5) is 0. The zero-order chi connectivity index (χ0) is 14.3. The van der Waals surface area contributed by atoms with E-state index in [9.17, 15) is 8.42 Å². The first-order valence-corrected chi connectivity index (χ1v) is 7.62. The van der Waals surface area contributed by atoms with Crippen molar-refractivity contribution in [1.29, 1.82) is 0 Å². The molecule has 0 radical (unpaired) electrons. The van der Waals surface area contributed by atoms with Crippen LogP contribution in [0.5, 0.6) is 0 Å². The molecule has 0 atom stereocenters. The zero-order valence-corrected chi connectivity index (χ0v) is 11.8. The molecule has 0 unspecified atom stereocenters. The van der Waals surface area contributed by atoms with Crippen LogP contribution in [0.15, 0.2) is 49.6 Å². The molecule has 4 nitrogen and oxygen atoms in total. The number of nitrogens with zero attached hydrogens (tertiary/aromatic N) is 1. The minimum absolute atomic E-state index is 0.0282. The van der Waals surface area contributed by atoms with Gasteiger partial charge in [0.15, 0.2) is 0 Å². The molecular weight excluding hydrogens is 260 g/mol. The van der Waals surface area contributed by atoms with Crippen molar-refractivity contribution in [1.82, 2.24) is 4.31 Å². The van der Waals surface area contributed by atoms with Gasteiger partial charge < -0.3 is 5.73 Å². The molecule has 1 rings (SSSR count). The summed E-state index contributed by atoms with van der Waals surface area (Å²) < 4.78 is 25.8. The molecule has 0 aliphatic carbocycles. The second-order valence-electron chi connectivity index (χ2n) is 4.17. The third-order valence-corrected chi connectivity index (χ3v) is 4.45. The van der Waals surface area contributed by atoms with Crippen LogP contribution >= 0.6 is 0 Å². The fourth-order valence-electron chi connectivity index (χ4n) is 1.66. The van der Waals surface area contributed by atoms with E-state index in [1.807, 2.05) is 12.1 Å². The largest absolute Gasteiger partial charge is 0.326 e. The van der Waals surface area contributed by atoms with Gasteiger partial charge in [-0.3, -0.25) is 0 Å². The molecule has 1 aromatic carbocycles. The summed E-state index contributed by atoms with van der Waals surface area (Å²) >= 11 is 0. The summed E-state index contributed by atoms with van der Waals surface area (Å²) in [7, 11) is -3.36. The summed E-state index contributed by atoms with van der Waals surface area (Å²) in [5.74, 6) is -0.0282. The molecule has 2 N–H and O–H groups in total. The molecule has 0 aliphatic rings. The van der Waals surface area contributed by atoms with Gasteiger partial charge in [0.1, 0.15) is 0 Å². The van der Waals surface area contributed by atoms with Gasteiger partial charge >= 0.3 is 0 Å². The van der Waals surface area contributed by atoms with Crippen molar-refractivity contribution in [2.75, 3.05) is 13.1 Å². The smallest absolute Gasteiger partial charge is 0.218 e. The molecular formula is C14H20N2O2S. The first-order valence-electron chi connectivity index (χ1n) is 6.01. The lowest BCUT2D eigenvalue weighted by Crippen LogP contribution is -2.32. The van der Waals surface area contributed by atoms with Crippen molar-refractivity contribution in [2.45, 2.75) is 12.3 Å². The molecule has 104 valence electrons. The summed E-state index contributed by atoms with van der Waals surface area (Å²) in [5.41, 5.74) is 7.23. The van der Waals surface area contributed by atoms with E-state index in [1.54, 1.807) is 24.3 Å². The zero-order valence-electron chi connectivity index (χ0n) is 11.0. The van der Waals surface area contributed by atoms with Crippen LogP contribution in [-0.4, -0.2) is 25.8 Å². The van der Waals surface area contributed by atoms with Crippen molar-refractivity contribution in [2.24, 2.45) is 5.73 Å². The highest BCUT2D eigenvalue weighted by atomic mass is 32.2. The fraction of sp³-hybridized carbons (Fsp3) is 0.286. The first kappa shape index (κ1) is 15.6. The number of rotatable bonds is 8. The highest BCUT2D eigenvalue weighted by Gasteiger charge is 2.20. The highest BCUT2D eigenvalue weighted by molar-refractivity contribution is 7.88.